The third kappa shape index (κ3) is 3.47. The number of likely N-dealkylation sites (tertiary alicyclic amines) is 1. The quantitative estimate of drug-likeness (QED) is 0.435. The number of hydrogen-bond donors (Lipinski definition) is 0. The van der Waals surface area contributed by atoms with Gasteiger partial charge >= 0.3 is 5.97 Å². The van der Waals surface area contributed by atoms with Crippen LogP contribution >= 0.6 is 0 Å². The Morgan fingerprint density at radius 1 is 1.08 bits per heavy atom. The van der Waals surface area contributed by atoms with Crippen molar-refractivity contribution in [2.75, 3.05) is 20.3 Å². The zero-order chi connectivity index (χ0) is 18.7. The van der Waals surface area contributed by atoms with Gasteiger partial charge < -0.3 is 9.47 Å². The lowest BCUT2D eigenvalue weighted by molar-refractivity contribution is -0.152. The normalized spacial score (nSPS) is 22.1. The first-order valence-corrected chi connectivity index (χ1v) is 8.70. The molecule has 2 atom stereocenters. The number of ether oxygens (including phenoxy) is 2. The first kappa shape index (κ1) is 18.1. The largest absolute Gasteiger partial charge is 0.496 e. The smallest absolute Gasteiger partial charge is 0.326 e. The maximum absolute atomic E-state index is 12.3. The van der Waals surface area contributed by atoms with Crippen molar-refractivity contribution in [1.82, 2.24) is 4.90 Å². The summed E-state index contributed by atoms with van der Waals surface area (Å²) in [7, 11) is 1.45. The number of Topliss-reactive ketones (excluding diaryl/α,β-unsaturated/α-hetero) is 1. The van der Waals surface area contributed by atoms with Gasteiger partial charge in [-0.3, -0.25) is 24.1 Å². The second-order valence-corrected chi connectivity index (χ2v) is 6.54. The average molecular weight is 359 g/mol. The average Bonchev–Trinajstić information content (AvgIpc) is 2.91. The third-order valence-corrected chi connectivity index (χ3v) is 4.99. The highest BCUT2D eigenvalue weighted by atomic mass is 16.5. The summed E-state index contributed by atoms with van der Waals surface area (Å²) in [6, 6.07) is 6.62. The molecule has 1 aliphatic heterocycles. The Morgan fingerprint density at radius 3 is 2.31 bits per heavy atom. The van der Waals surface area contributed by atoms with Gasteiger partial charge in [0.05, 0.1) is 24.5 Å². The van der Waals surface area contributed by atoms with Gasteiger partial charge in [-0.05, 0) is 25.0 Å². The van der Waals surface area contributed by atoms with Crippen LogP contribution in [0.25, 0.3) is 0 Å². The van der Waals surface area contributed by atoms with Crippen molar-refractivity contribution >= 4 is 23.6 Å². The van der Waals surface area contributed by atoms with Crippen LogP contribution < -0.4 is 4.74 Å². The van der Waals surface area contributed by atoms with E-state index in [0.717, 1.165) is 17.7 Å². The third-order valence-electron chi connectivity index (χ3n) is 4.99. The molecule has 3 rings (SSSR count). The number of nitrogens with zero attached hydrogens (tertiary/aromatic N) is 1. The number of ketones is 1. The molecule has 26 heavy (non-hydrogen) atoms. The van der Waals surface area contributed by atoms with Gasteiger partial charge in [0, 0.05) is 0 Å². The van der Waals surface area contributed by atoms with Crippen LogP contribution in [0.15, 0.2) is 24.3 Å². The molecule has 2 fully saturated rings. The van der Waals surface area contributed by atoms with Crippen molar-refractivity contribution in [3.63, 3.8) is 0 Å². The number of carbonyl (C=O) groups excluding carboxylic acids is 4. The van der Waals surface area contributed by atoms with Crippen LogP contribution in [-0.4, -0.2) is 48.7 Å². The van der Waals surface area contributed by atoms with Crippen molar-refractivity contribution in [1.29, 1.82) is 0 Å². The molecule has 0 N–H and O–H groups in total. The number of carbonyl (C=O) groups is 4. The fourth-order valence-electron chi connectivity index (χ4n) is 3.66. The molecule has 1 saturated heterocycles. The molecular weight excluding hydrogens is 338 g/mol. The molecule has 0 spiro atoms. The summed E-state index contributed by atoms with van der Waals surface area (Å²) in [4.78, 5) is 49.9. The Bertz CT molecular complexity index is 719. The van der Waals surface area contributed by atoms with Crippen LogP contribution in [0.3, 0.4) is 0 Å². The standard InChI is InChI=1S/C19H21NO6/c1-25-16-9-5-4-8-14(16)15(21)11-26-17(22)10-20-18(23)12-6-2-3-7-13(12)19(20)24/h4-5,8-9,12-13H,2-3,6-7,10-11H2,1H3. The SMILES string of the molecule is COc1ccccc1C(=O)COC(=O)CN1C(=O)C2CCCCC2C1=O. The number of fused-ring (bicyclic) bond motifs is 1. The Morgan fingerprint density at radius 2 is 1.69 bits per heavy atom. The molecule has 1 heterocycles. The van der Waals surface area contributed by atoms with Gasteiger partial charge in [0.1, 0.15) is 12.3 Å². The van der Waals surface area contributed by atoms with Gasteiger partial charge in [-0.1, -0.05) is 25.0 Å². The molecule has 1 aromatic carbocycles. The molecule has 138 valence electrons. The summed E-state index contributed by atoms with van der Waals surface area (Å²) in [6.07, 6.45) is 3.22. The first-order chi connectivity index (χ1) is 12.5. The van der Waals surface area contributed by atoms with Gasteiger partial charge in [-0.2, -0.15) is 0 Å². The summed E-state index contributed by atoms with van der Waals surface area (Å²) in [6.45, 7) is -0.911. The van der Waals surface area contributed by atoms with Crippen molar-refractivity contribution in [3.8, 4) is 5.75 Å². The Hall–Kier alpha value is -2.70. The number of benzene rings is 1. The first-order valence-electron chi connectivity index (χ1n) is 8.70. The van der Waals surface area contributed by atoms with Crippen molar-refractivity contribution in [2.45, 2.75) is 25.7 Å². The fraction of sp³-hybridized carbons (Fsp3) is 0.474. The topological polar surface area (TPSA) is 90.0 Å². The molecule has 0 aromatic heterocycles. The molecule has 1 aromatic rings. The van der Waals surface area contributed by atoms with E-state index in [1.165, 1.54) is 7.11 Å². The van der Waals surface area contributed by atoms with E-state index in [0.29, 0.717) is 24.2 Å². The lowest BCUT2D eigenvalue weighted by Crippen LogP contribution is -2.37. The van der Waals surface area contributed by atoms with E-state index in [4.69, 9.17) is 9.47 Å². The minimum atomic E-state index is -0.770. The van der Waals surface area contributed by atoms with Gasteiger partial charge in [-0.25, -0.2) is 0 Å². The van der Waals surface area contributed by atoms with Crippen molar-refractivity contribution in [3.05, 3.63) is 29.8 Å². The van der Waals surface area contributed by atoms with Crippen LogP contribution in [0.2, 0.25) is 0 Å². The molecule has 7 heteroatoms. The van der Waals surface area contributed by atoms with Gasteiger partial charge in [-0.15, -0.1) is 0 Å². The van der Waals surface area contributed by atoms with E-state index in [1.807, 2.05) is 0 Å². The number of esters is 1. The summed E-state index contributed by atoms with van der Waals surface area (Å²) >= 11 is 0. The Balaban J connectivity index is 1.57. The highest BCUT2D eigenvalue weighted by Crippen LogP contribution is 2.37. The second kappa shape index (κ2) is 7.68. The Kier molecular flexibility index (Phi) is 5.35. The molecular formula is C19H21NO6. The molecule has 2 unspecified atom stereocenters. The number of hydrogen-bond acceptors (Lipinski definition) is 6. The van der Waals surface area contributed by atoms with Gasteiger partial charge in [0.25, 0.3) is 0 Å². The predicted octanol–water partition coefficient (Wildman–Crippen LogP) is 1.60. The number of methoxy groups -OCH3 is 1. The van der Waals surface area contributed by atoms with Gasteiger partial charge in [0.15, 0.2) is 6.61 Å². The number of imide groups is 1. The molecule has 0 radical (unpaired) electrons. The molecule has 7 nitrogen and oxygen atoms in total. The van der Waals surface area contributed by atoms with E-state index in [1.54, 1.807) is 24.3 Å². The van der Waals surface area contributed by atoms with Gasteiger partial charge in [0.2, 0.25) is 17.6 Å². The highest BCUT2D eigenvalue weighted by Gasteiger charge is 2.48. The Labute approximate surface area is 151 Å². The van der Waals surface area contributed by atoms with Crippen LogP contribution in [0.5, 0.6) is 5.75 Å². The minimum Gasteiger partial charge on any atom is -0.496 e. The maximum atomic E-state index is 12.3. The monoisotopic (exact) mass is 359 g/mol. The lowest BCUT2D eigenvalue weighted by Gasteiger charge is -2.19. The van der Waals surface area contributed by atoms with Crippen LogP contribution in [0, 0.1) is 11.8 Å². The van der Waals surface area contributed by atoms with Crippen molar-refractivity contribution < 1.29 is 28.7 Å². The van der Waals surface area contributed by atoms with E-state index < -0.39 is 24.9 Å². The van der Waals surface area contributed by atoms with Crippen LogP contribution in [-0.2, 0) is 19.1 Å². The minimum absolute atomic E-state index is 0.298. The molecule has 1 saturated carbocycles. The van der Waals surface area contributed by atoms with E-state index in [-0.39, 0.29) is 23.7 Å². The zero-order valence-corrected chi connectivity index (χ0v) is 14.6. The molecule has 1 aliphatic carbocycles. The van der Waals surface area contributed by atoms with Crippen LogP contribution in [0.4, 0.5) is 0 Å². The highest BCUT2D eigenvalue weighted by molar-refractivity contribution is 6.07. The number of rotatable bonds is 6. The van der Waals surface area contributed by atoms with Crippen LogP contribution in [0.1, 0.15) is 36.0 Å². The molecule has 0 bridgehead atoms. The van der Waals surface area contributed by atoms with Crippen molar-refractivity contribution in [2.24, 2.45) is 11.8 Å². The maximum Gasteiger partial charge on any atom is 0.326 e. The summed E-state index contributed by atoms with van der Waals surface area (Å²) in [5.74, 6) is -2.00. The van der Waals surface area contributed by atoms with E-state index in [2.05, 4.69) is 0 Å². The summed E-state index contributed by atoms with van der Waals surface area (Å²) in [5, 5.41) is 0. The number of para-hydroxylation sites is 1. The lowest BCUT2D eigenvalue weighted by atomic mass is 9.81. The summed E-state index contributed by atoms with van der Waals surface area (Å²) < 4.78 is 10.1. The number of amides is 2. The fourth-order valence-corrected chi connectivity index (χ4v) is 3.66. The second-order valence-electron chi connectivity index (χ2n) is 6.54. The van der Waals surface area contributed by atoms with E-state index in [9.17, 15) is 19.2 Å². The predicted molar refractivity (Wildman–Crippen MR) is 90.5 cm³/mol. The zero-order valence-electron chi connectivity index (χ0n) is 14.6. The van der Waals surface area contributed by atoms with E-state index >= 15 is 0 Å². The molecule has 2 aliphatic rings. The molecule has 2 amide bonds. The summed E-state index contributed by atoms with van der Waals surface area (Å²) in [5.41, 5.74) is 0.308.